The van der Waals surface area contributed by atoms with E-state index in [9.17, 15) is 10.0 Å². The average Bonchev–Trinajstić information content (AvgIpc) is 3.91. The molecule has 3 aromatic heterocycles. The van der Waals surface area contributed by atoms with Crippen molar-refractivity contribution >= 4 is 49.5 Å². The molecule has 0 radical (unpaired) electrons. The quantitative estimate of drug-likeness (QED) is 0.0663. The number of imidazole rings is 2. The third-order valence-electron chi connectivity index (χ3n) is 10.8. The van der Waals surface area contributed by atoms with E-state index in [1.54, 1.807) is 7.11 Å². The predicted molar refractivity (Wildman–Crippen MR) is 206 cm³/mol. The van der Waals surface area contributed by atoms with Crippen LogP contribution in [-0.2, 0) is 9.63 Å². The molecule has 6 aromatic rings. The number of carbonyl (C=O) groups excluding carboxylic acids is 1. The van der Waals surface area contributed by atoms with E-state index in [1.165, 1.54) is 0 Å². The third kappa shape index (κ3) is 6.89. The zero-order valence-corrected chi connectivity index (χ0v) is 30.7. The summed E-state index contributed by atoms with van der Waals surface area (Å²) in [6.45, 7) is 9.51. The number of rotatable bonds is 14. The lowest BCUT2D eigenvalue weighted by atomic mass is 9.89. The summed E-state index contributed by atoms with van der Waals surface area (Å²) in [5.41, 5.74) is 17.0. The number of carbonyl (C=O) groups is 1. The van der Waals surface area contributed by atoms with Gasteiger partial charge in [-0.15, -0.1) is 0 Å². The highest BCUT2D eigenvalue weighted by molar-refractivity contribution is 6.07. The zero-order chi connectivity index (χ0) is 36.5. The van der Waals surface area contributed by atoms with Gasteiger partial charge in [0, 0.05) is 41.2 Å². The number of hydrogen-bond acceptors (Lipinski definition) is 9. The van der Waals surface area contributed by atoms with Crippen LogP contribution in [0.2, 0.25) is 0 Å². The van der Waals surface area contributed by atoms with E-state index in [4.69, 9.17) is 25.5 Å². The number of H-pyrrole nitrogens is 2. The summed E-state index contributed by atoms with van der Waals surface area (Å²) in [7, 11) is 1.66. The van der Waals surface area contributed by atoms with Crippen molar-refractivity contribution in [2.24, 2.45) is 17.6 Å². The molecule has 12 nitrogen and oxygen atoms in total. The zero-order valence-electron chi connectivity index (χ0n) is 30.7. The summed E-state index contributed by atoms with van der Waals surface area (Å²) < 4.78 is 0. The molecule has 1 amide bonds. The van der Waals surface area contributed by atoms with Gasteiger partial charge in [0.25, 0.3) is 0 Å². The fourth-order valence-electron chi connectivity index (χ4n) is 7.82. The molecule has 0 saturated carbocycles. The molecule has 0 spiro atoms. The van der Waals surface area contributed by atoms with E-state index in [1.807, 2.05) is 24.9 Å². The first kappa shape index (κ1) is 35.9. The van der Waals surface area contributed by atoms with Gasteiger partial charge in [-0.25, -0.2) is 15.0 Å². The topological polar surface area (TPSA) is 170 Å². The standard InChI is InChI=1S/C40H51N9O3/c1-22(2)32(48-52-5)20-27(8-6-16-41)38-43-31-15-12-25-19-33(42-21-29(25)37(31)45-38)26-10-13-28-24(18-26)11-14-30-36(28)46-39(44-30)34-9-7-17-49(34)40(50)35(47-51)23(3)4/h10-15,18-19,21-23,27,32,34-35,42,47-48,51H,6-9,16-17,20,41H2,1-5H3,(H,44,46)/t27?,32-,34+,35+/m1/s1. The normalized spacial score (nSPS) is 17.0. The lowest BCUT2D eigenvalue weighted by molar-refractivity contribution is -0.138. The minimum atomic E-state index is -0.650. The van der Waals surface area contributed by atoms with Gasteiger partial charge in [-0.3, -0.25) is 4.79 Å². The first-order valence-corrected chi connectivity index (χ1v) is 18.6. The van der Waals surface area contributed by atoms with E-state index in [0.717, 1.165) is 98.6 Å². The summed E-state index contributed by atoms with van der Waals surface area (Å²) in [4.78, 5) is 42.7. The molecule has 1 aliphatic rings. The third-order valence-corrected chi connectivity index (χ3v) is 10.8. The molecule has 3 aromatic carbocycles. The van der Waals surface area contributed by atoms with Crippen molar-refractivity contribution in [3.8, 4) is 11.3 Å². The van der Waals surface area contributed by atoms with Gasteiger partial charge in [0.15, 0.2) is 0 Å². The van der Waals surface area contributed by atoms with Gasteiger partial charge in [-0.05, 0) is 91.1 Å². The number of nitrogens with two attached hydrogens (primary N) is 1. The molecule has 0 bridgehead atoms. The van der Waals surface area contributed by atoms with Crippen molar-refractivity contribution in [1.29, 1.82) is 0 Å². The second kappa shape index (κ2) is 15.3. The molecule has 7 rings (SSSR count). The predicted octanol–water partition coefficient (Wildman–Crippen LogP) is 6.86. The summed E-state index contributed by atoms with van der Waals surface area (Å²) in [6.07, 6.45) is 6.45. The lowest BCUT2D eigenvalue weighted by Gasteiger charge is -2.28. The van der Waals surface area contributed by atoms with E-state index in [2.05, 4.69) is 83.3 Å². The maximum atomic E-state index is 13.3. The summed E-state index contributed by atoms with van der Waals surface area (Å²) in [5.74, 6) is 2.06. The Hall–Kier alpha value is -4.46. The van der Waals surface area contributed by atoms with Crippen LogP contribution in [0.1, 0.15) is 83.4 Å². The summed E-state index contributed by atoms with van der Waals surface area (Å²) >= 11 is 0. The Morgan fingerprint density at radius 3 is 2.58 bits per heavy atom. The molecule has 7 N–H and O–H groups in total. The Kier molecular flexibility index (Phi) is 10.5. The molecule has 0 aliphatic carbocycles. The number of pyridine rings is 1. The largest absolute Gasteiger partial charge is 0.360 e. The van der Waals surface area contributed by atoms with Gasteiger partial charge in [0.1, 0.15) is 23.2 Å². The van der Waals surface area contributed by atoms with Gasteiger partial charge in [-0.2, -0.15) is 11.0 Å². The Bertz CT molecular complexity index is 2190. The van der Waals surface area contributed by atoms with E-state index in [-0.39, 0.29) is 29.8 Å². The molecular weight excluding hydrogens is 654 g/mol. The SMILES string of the molecule is CON[C@H](CC(CCCN)c1nc2ccc3cc(-c4ccc5c(ccc6[nH]c([C@@H]7CCCN7C(=O)[C@@H](NO)C(C)C)nc65)c4)[nH]cc3c2n1)C(C)C. The van der Waals surface area contributed by atoms with Crippen molar-refractivity contribution in [3.05, 3.63) is 66.4 Å². The molecule has 1 aliphatic heterocycles. The number of amides is 1. The molecular formula is C40H51N9O3. The molecule has 4 heterocycles. The van der Waals surface area contributed by atoms with Gasteiger partial charge in [0.05, 0.1) is 29.7 Å². The average molecular weight is 706 g/mol. The van der Waals surface area contributed by atoms with Crippen LogP contribution in [0, 0.1) is 11.8 Å². The monoisotopic (exact) mass is 705 g/mol. The van der Waals surface area contributed by atoms with E-state index < -0.39 is 6.04 Å². The van der Waals surface area contributed by atoms with Gasteiger partial charge >= 0.3 is 0 Å². The molecule has 52 heavy (non-hydrogen) atoms. The Balaban J connectivity index is 1.17. The Labute approximate surface area is 303 Å². The summed E-state index contributed by atoms with van der Waals surface area (Å²) in [5, 5.41) is 13.9. The number of likely N-dealkylation sites (tertiary alicyclic amines) is 1. The molecule has 274 valence electrons. The minimum absolute atomic E-state index is 0.0402. The Morgan fingerprint density at radius 1 is 1.02 bits per heavy atom. The van der Waals surface area contributed by atoms with Crippen LogP contribution in [0.3, 0.4) is 0 Å². The first-order chi connectivity index (χ1) is 25.2. The lowest BCUT2D eigenvalue weighted by Crippen LogP contribution is -2.48. The van der Waals surface area contributed by atoms with Crippen LogP contribution < -0.4 is 16.7 Å². The van der Waals surface area contributed by atoms with Crippen LogP contribution in [0.25, 0.3) is 54.9 Å². The number of fused-ring (bicyclic) bond motifs is 6. The van der Waals surface area contributed by atoms with Crippen LogP contribution in [0.5, 0.6) is 0 Å². The fraction of sp³-hybridized carbons (Fsp3) is 0.450. The minimum Gasteiger partial charge on any atom is -0.360 e. The van der Waals surface area contributed by atoms with Gasteiger partial charge in [-0.1, -0.05) is 52.0 Å². The highest BCUT2D eigenvalue weighted by atomic mass is 16.6. The van der Waals surface area contributed by atoms with Crippen molar-refractivity contribution < 1.29 is 14.8 Å². The van der Waals surface area contributed by atoms with Crippen molar-refractivity contribution in [1.82, 2.24) is 40.8 Å². The second-order valence-electron chi connectivity index (χ2n) is 15.0. The van der Waals surface area contributed by atoms with E-state index >= 15 is 0 Å². The number of aromatic amines is 2. The van der Waals surface area contributed by atoms with Crippen LogP contribution in [0.15, 0.2) is 54.7 Å². The van der Waals surface area contributed by atoms with E-state index in [0.29, 0.717) is 19.0 Å². The smallest absolute Gasteiger partial charge is 0.242 e. The van der Waals surface area contributed by atoms with Gasteiger partial charge in [0.2, 0.25) is 5.91 Å². The number of benzene rings is 3. The van der Waals surface area contributed by atoms with Crippen LogP contribution >= 0.6 is 0 Å². The maximum absolute atomic E-state index is 13.3. The number of nitrogens with one attached hydrogen (secondary N) is 4. The second-order valence-corrected chi connectivity index (χ2v) is 15.0. The molecule has 1 saturated heterocycles. The molecule has 4 atom stereocenters. The summed E-state index contributed by atoms with van der Waals surface area (Å²) in [6, 6.07) is 16.4. The number of nitrogens with zero attached hydrogens (tertiary/aromatic N) is 4. The number of hydrogen-bond donors (Lipinski definition) is 6. The van der Waals surface area contributed by atoms with Crippen LogP contribution in [0.4, 0.5) is 0 Å². The van der Waals surface area contributed by atoms with Crippen molar-refractivity contribution in [2.75, 3.05) is 20.2 Å². The van der Waals surface area contributed by atoms with Crippen LogP contribution in [-0.4, -0.2) is 73.2 Å². The highest BCUT2D eigenvalue weighted by Gasteiger charge is 2.36. The molecule has 1 fully saturated rings. The highest BCUT2D eigenvalue weighted by Crippen LogP contribution is 2.36. The van der Waals surface area contributed by atoms with Gasteiger partial charge < -0.3 is 30.6 Å². The molecule has 12 heteroatoms. The Morgan fingerprint density at radius 2 is 1.83 bits per heavy atom. The first-order valence-electron chi connectivity index (χ1n) is 18.6. The maximum Gasteiger partial charge on any atom is 0.242 e. The number of aromatic nitrogens is 5. The van der Waals surface area contributed by atoms with Crippen molar-refractivity contribution in [2.45, 2.75) is 83.8 Å². The fourth-order valence-corrected chi connectivity index (χ4v) is 7.82. The number of hydroxylamine groups is 2. The molecule has 1 unspecified atom stereocenters. The van der Waals surface area contributed by atoms with Crippen molar-refractivity contribution in [3.63, 3.8) is 0 Å².